The molecule has 0 spiro atoms. The Bertz CT molecular complexity index is 617. The molecule has 24 heavy (non-hydrogen) atoms. The number of nitrogens with zero attached hydrogens (tertiary/aromatic N) is 3. The van der Waals surface area contributed by atoms with Crippen molar-refractivity contribution in [1.29, 1.82) is 0 Å². The van der Waals surface area contributed by atoms with Crippen molar-refractivity contribution in [2.24, 2.45) is 0 Å². The average Bonchev–Trinajstić information content (AvgIpc) is 2.76. The SMILES string of the molecule is CCCN(C(=O)OC(C)(C)C)C1CN(c2nc(C)c(C(=O)O)s2)C1. The van der Waals surface area contributed by atoms with E-state index in [1.165, 1.54) is 11.3 Å². The molecule has 0 unspecified atom stereocenters. The number of anilines is 1. The molecule has 2 rings (SSSR count). The second-order valence-corrected chi connectivity index (χ2v) is 7.93. The van der Waals surface area contributed by atoms with E-state index in [0.29, 0.717) is 30.5 Å². The zero-order valence-electron chi connectivity index (χ0n) is 14.8. The molecular formula is C16H25N3O4S. The highest BCUT2D eigenvalue weighted by Gasteiger charge is 2.37. The van der Waals surface area contributed by atoms with Crippen LogP contribution in [0.3, 0.4) is 0 Å². The molecule has 0 aliphatic carbocycles. The molecule has 0 bridgehead atoms. The summed E-state index contributed by atoms with van der Waals surface area (Å²) >= 11 is 1.18. The first-order valence-electron chi connectivity index (χ1n) is 8.07. The monoisotopic (exact) mass is 355 g/mol. The summed E-state index contributed by atoms with van der Waals surface area (Å²) in [5.74, 6) is -0.949. The van der Waals surface area contributed by atoms with Gasteiger partial charge in [-0.05, 0) is 34.1 Å². The van der Waals surface area contributed by atoms with Gasteiger partial charge in [0.25, 0.3) is 0 Å². The number of aromatic nitrogens is 1. The number of thiazole rings is 1. The smallest absolute Gasteiger partial charge is 0.410 e. The van der Waals surface area contributed by atoms with Crippen LogP contribution in [0.2, 0.25) is 0 Å². The molecule has 0 radical (unpaired) electrons. The predicted molar refractivity (Wildman–Crippen MR) is 93.0 cm³/mol. The number of carboxylic acid groups (broad SMARTS) is 1. The second-order valence-electron chi connectivity index (χ2n) is 6.95. The number of rotatable bonds is 5. The van der Waals surface area contributed by atoms with Gasteiger partial charge in [0, 0.05) is 19.6 Å². The summed E-state index contributed by atoms with van der Waals surface area (Å²) in [6.07, 6.45) is 0.561. The molecule has 0 atom stereocenters. The molecule has 1 aliphatic rings. The van der Waals surface area contributed by atoms with E-state index in [-0.39, 0.29) is 17.0 Å². The van der Waals surface area contributed by atoms with E-state index in [1.54, 1.807) is 11.8 Å². The normalized spacial score (nSPS) is 15.1. The van der Waals surface area contributed by atoms with Crippen LogP contribution in [0.15, 0.2) is 0 Å². The Hall–Kier alpha value is -1.83. The van der Waals surface area contributed by atoms with Crippen LogP contribution in [-0.4, -0.2) is 58.3 Å². The summed E-state index contributed by atoms with van der Waals surface area (Å²) < 4.78 is 5.48. The summed E-state index contributed by atoms with van der Waals surface area (Å²) in [6.45, 7) is 11.2. The van der Waals surface area contributed by atoms with E-state index in [4.69, 9.17) is 9.84 Å². The van der Waals surface area contributed by atoms with Crippen LogP contribution in [-0.2, 0) is 4.74 Å². The van der Waals surface area contributed by atoms with Crippen LogP contribution in [0, 0.1) is 6.92 Å². The van der Waals surface area contributed by atoms with Gasteiger partial charge in [0.15, 0.2) is 5.13 Å². The van der Waals surface area contributed by atoms with Crippen molar-refractivity contribution < 1.29 is 19.4 Å². The lowest BCUT2D eigenvalue weighted by atomic mass is 10.1. The van der Waals surface area contributed by atoms with E-state index in [0.717, 1.165) is 6.42 Å². The fraction of sp³-hybridized carbons (Fsp3) is 0.688. The van der Waals surface area contributed by atoms with Gasteiger partial charge in [-0.2, -0.15) is 0 Å². The zero-order valence-corrected chi connectivity index (χ0v) is 15.6. The minimum absolute atomic E-state index is 0.0669. The minimum atomic E-state index is -0.949. The largest absolute Gasteiger partial charge is 0.477 e. The van der Waals surface area contributed by atoms with Crippen LogP contribution in [0.4, 0.5) is 9.93 Å². The van der Waals surface area contributed by atoms with Crippen LogP contribution in [0.25, 0.3) is 0 Å². The van der Waals surface area contributed by atoms with Gasteiger partial charge in [-0.25, -0.2) is 14.6 Å². The molecule has 134 valence electrons. The first kappa shape index (κ1) is 18.5. The number of carbonyl (C=O) groups excluding carboxylic acids is 1. The van der Waals surface area contributed by atoms with Gasteiger partial charge in [0.05, 0.1) is 11.7 Å². The maximum Gasteiger partial charge on any atom is 0.410 e. The quantitative estimate of drug-likeness (QED) is 0.874. The highest BCUT2D eigenvalue weighted by atomic mass is 32.1. The van der Waals surface area contributed by atoms with Crippen molar-refractivity contribution in [1.82, 2.24) is 9.88 Å². The molecule has 1 saturated heterocycles. The number of amides is 1. The third-order valence-electron chi connectivity index (χ3n) is 3.65. The Morgan fingerprint density at radius 1 is 1.42 bits per heavy atom. The number of aromatic carboxylic acids is 1. The predicted octanol–water partition coefficient (Wildman–Crippen LogP) is 2.99. The molecular weight excluding hydrogens is 330 g/mol. The highest BCUT2D eigenvalue weighted by molar-refractivity contribution is 7.17. The molecule has 8 heteroatoms. The number of carboxylic acids is 1. The Kier molecular flexibility index (Phi) is 5.37. The van der Waals surface area contributed by atoms with E-state index in [2.05, 4.69) is 4.98 Å². The average molecular weight is 355 g/mol. The van der Waals surface area contributed by atoms with E-state index >= 15 is 0 Å². The first-order chi connectivity index (χ1) is 11.1. The molecule has 1 aromatic rings. The Balaban J connectivity index is 2.01. The van der Waals surface area contributed by atoms with Crippen LogP contribution >= 0.6 is 11.3 Å². The molecule has 2 heterocycles. The van der Waals surface area contributed by atoms with Crippen molar-refractivity contribution in [2.75, 3.05) is 24.5 Å². The zero-order chi connectivity index (χ0) is 18.1. The number of aryl methyl sites for hydroxylation is 1. The lowest BCUT2D eigenvalue weighted by Gasteiger charge is -2.45. The molecule has 0 saturated carbocycles. The highest BCUT2D eigenvalue weighted by Crippen LogP contribution is 2.31. The van der Waals surface area contributed by atoms with Gasteiger partial charge >= 0.3 is 12.1 Å². The summed E-state index contributed by atoms with van der Waals surface area (Å²) in [4.78, 5) is 31.9. The molecule has 1 aromatic heterocycles. The number of carbonyl (C=O) groups is 2. The topological polar surface area (TPSA) is 83.0 Å². The van der Waals surface area contributed by atoms with Gasteiger partial charge in [-0.15, -0.1) is 0 Å². The van der Waals surface area contributed by atoms with Crippen molar-refractivity contribution in [3.05, 3.63) is 10.6 Å². The summed E-state index contributed by atoms with van der Waals surface area (Å²) in [7, 11) is 0. The Morgan fingerprint density at radius 2 is 2.04 bits per heavy atom. The molecule has 0 aromatic carbocycles. The van der Waals surface area contributed by atoms with Crippen LogP contribution in [0.5, 0.6) is 0 Å². The van der Waals surface area contributed by atoms with Crippen molar-refractivity contribution in [3.8, 4) is 0 Å². The van der Waals surface area contributed by atoms with Crippen molar-refractivity contribution in [3.63, 3.8) is 0 Å². The summed E-state index contributed by atoms with van der Waals surface area (Å²) in [5.41, 5.74) is 0.0125. The standard InChI is InChI=1S/C16H25N3O4S/c1-6-7-19(15(22)23-16(3,4)5)11-8-18(9-11)14-17-10(2)12(24-14)13(20)21/h11H,6-9H2,1-5H3,(H,20,21). The fourth-order valence-corrected chi connectivity index (χ4v) is 3.43. The number of hydrogen-bond donors (Lipinski definition) is 1. The fourth-order valence-electron chi connectivity index (χ4n) is 2.51. The van der Waals surface area contributed by atoms with Gasteiger partial charge in [-0.1, -0.05) is 18.3 Å². The maximum atomic E-state index is 12.4. The minimum Gasteiger partial charge on any atom is -0.477 e. The maximum absolute atomic E-state index is 12.4. The lowest BCUT2D eigenvalue weighted by molar-refractivity contribution is 0.0131. The van der Waals surface area contributed by atoms with E-state index in [9.17, 15) is 9.59 Å². The van der Waals surface area contributed by atoms with Crippen LogP contribution < -0.4 is 4.90 Å². The van der Waals surface area contributed by atoms with Gasteiger partial charge in [0.1, 0.15) is 10.5 Å². The van der Waals surface area contributed by atoms with E-state index in [1.807, 2.05) is 32.6 Å². The molecule has 7 nitrogen and oxygen atoms in total. The first-order valence-corrected chi connectivity index (χ1v) is 8.89. The molecule has 1 N–H and O–H groups in total. The van der Waals surface area contributed by atoms with Crippen molar-refractivity contribution >= 4 is 28.5 Å². The van der Waals surface area contributed by atoms with Gasteiger partial charge < -0.3 is 19.6 Å². The third-order valence-corrected chi connectivity index (χ3v) is 4.85. The Morgan fingerprint density at radius 3 is 2.50 bits per heavy atom. The lowest BCUT2D eigenvalue weighted by Crippen LogP contribution is -2.61. The second kappa shape index (κ2) is 6.96. The summed E-state index contributed by atoms with van der Waals surface area (Å²) in [6, 6.07) is 0.0669. The van der Waals surface area contributed by atoms with E-state index < -0.39 is 11.6 Å². The number of hydrogen-bond acceptors (Lipinski definition) is 6. The van der Waals surface area contributed by atoms with Crippen molar-refractivity contribution in [2.45, 2.75) is 52.7 Å². The third kappa shape index (κ3) is 4.17. The van der Waals surface area contributed by atoms with Gasteiger partial charge in [-0.3, -0.25) is 0 Å². The van der Waals surface area contributed by atoms with Crippen LogP contribution in [0.1, 0.15) is 49.5 Å². The Labute approximate surface area is 146 Å². The summed E-state index contributed by atoms with van der Waals surface area (Å²) in [5, 5.41) is 9.82. The van der Waals surface area contributed by atoms with Gasteiger partial charge in [0.2, 0.25) is 0 Å². The number of ether oxygens (including phenoxy) is 1. The molecule has 1 aliphatic heterocycles. The molecule has 1 fully saturated rings. The molecule has 1 amide bonds.